The van der Waals surface area contributed by atoms with Crippen LogP contribution < -0.4 is 5.73 Å². The number of fused-ring (bicyclic) bond motifs is 1. The lowest BCUT2D eigenvalue weighted by Crippen LogP contribution is -2.77. The van der Waals surface area contributed by atoms with Crippen LogP contribution in [0.25, 0.3) is 0 Å². The van der Waals surface area contributed by atoms with E-state index in [-0.39, 0.29) is 6.04 Å². The summed E-state index contributed by atoms with van der Waals surface area (Å²) in [6.07, 6.45) is 6.76. The van der Waals surface area contributed by atoms with Crippen molar-refractivity contribution in [2.45, 2.75) is 42.4 Å². The molecule has 138 valence electrons. The highest BCUT2D eigenvalue weighted by Gasteiger charge is 2.67. The summed E-state index contributed by atoms with van der Waals surface area (Å²) >= 11 is 0. The number of carbonyl (C=O) groups is 1. The molecule has 26 heavy (non-hydrogen) atoms. The molecule has 1 fully saturated rings. The summed E-state index contributed by atoms with van der Waals surface area (Å²) in [5.74, 6) is -0.468. The first-order valence-corrected chi connectivity index (χ1v) is 9.24. The summed E-state index contributed by atoms with van der Waals surface area (Å²) in [6.45, 7) is 5.59. The van der Waals surface area contributed by atoms with E-state index in [1.165, 1.54) is 0 Å². The van der Waals surface area contributed by atoms with E-state index in [4.69, 9.17) is 5.73 Å². The molecule has 1 aromatic rings. The van der Waals surface area contributed by atoms with Gasteiger partial charge in [0.25, 0.3) is 0 Å². The van der Waals surface area contributed by atoms with E-state index in [9.17, 15) is 15.0 Å². The third kappa shape index (κ3) is 2.11. The number of likely N-dealkylation sites (tertiary alicyclic amines) is 1. The van der Waals surface area contributed by atoms with Gasteiger partial charge < -0.3 is 20.4 Å². The van der Waals surface area contributed by atoms with E-state index in [1.54, 1.807) is 12.1 Å². The fourth-order valence-corrected chi connectivity index (χ4v) is 5.73. The lowest BCUT2D eigenvalue weighted by atomic mass is 9.50. The van der Waals surface area contributed by atoms with Gasteiger partial charge in [0.05, 0.1) is 26.2 Å². The average Bonchev–Trinajstić information content (AvgIpc) is 2.59. The summed E-state index contributed by atoms with van der Waals surface area (Å²) in [7, 11) is 2.18. The van der Waals surface area contributed by atoms with Crippen molar-refractivity contribution in [3.05, 3.63) is 59.7 Å². The minimum Gasteiger partial charge on any atom is -0.389 e. The molecule has 2 aliphatic carbocycles. The van der Waals surface area contributed by atoms with Crippen LogP contribution in [-0.2, 0) is 11.8 Å². The first-order chi connectivity index (χ1) is 12.3. The van der Waals surface area contributed by atoms with Gasteiger partial charge in [-0.15, -0.1) is 0 Å². The van der Waals surface area contributed by atoms with Crippen molar-refractivity contribution >= 4 is 5.91 Å². The monoisotopic (exact) mass is 355 g/mol. The number of primary amides is 1. The maximum atomic E-state index is 12.0. The number of nitrogens with two attached hydrogens (primary N) is 1. The molecule has 5 heteroatoms. The second kappa shape index (κ2) is 5.52. The Kier molecular flexibility index (Phi) is 3.71. The van der Waals surface area contributed by atoms with E-state index in [0.717, 1.165) is 41.5 Å². The van der Waals surface area contributed by atoms with E-state index < -0.39 is 23.0 Å². The van der Waals surface area contributed by atoms with E-state index in [2.05, 4.69) is 13.6 Å². The zero-order chi connectivity index (χ0) is 18.7. The number of rotatable bonds is 3. The minimum absolute atomic E-state index is 0.0232. The van der Waals surface area contributed by atoms with Crippen molar-refractivity contribution in [3.63, 3.8) is 0 Å². The number of carbonyl (C=O) groups excluding carboxylic acids is 1. The van der Waals surface area contributed by atoms with Crippen molar-refractivity contribution in [2.75, 3.05) is 20.1 Å². The van der Waals surface area contributed by atoms with E-state index in [1.807, 2.05) is 24.3 Å². The van der Waals surface area contributed by atoms with Gasteiger partial charge in [0.2, 0.25) is 5.91 Å². The molecular weight excluding hydrogens is 328 g/mol. The van der Waals surface area contributed by atoms with E-state index in [0.29, 0.717) is 12.0 Å². The van der Waals surface area contributed by atoms with Gasteiger partial charge in [-0.3, -0.25) is 4.79 Å². The number of likely N-dealkylation sites (N-methyl/N-ethyl adjacent to an activating group) is 1. The highest BCUT2D eigenvalue weighted by molar-refractivity contribution is 5.93. The van der Waals surface area contributed by atoms with Crippen LogP contribution in [0.1, 0.15) is 34.3 Å². The van der Waals surface area contributed by atoms with Crippen molar-refractivity contribution in [2.24, 2.45) is 5.73 Å². The molecule has 0 saturated carbocycles. The Morgan fingerprint density at radius 2 is 2.27 bits per heavy atom. The average molecular weight is 355 g/mol. The zero-order valence-electron chi connectivity index (χ0n) is 15.2. The van der Waals surface area contributed by atoms with Crippen LogP contribution in [-0.4, -0.2) is 58.5 Å². The van der Waals surface area contributed by atoms with Crippen LogP contribution in [0.4, 0.5) is 0 Å². The molecule has 4 N–H and O–H groups in total. The molecule has 1 aliphatic heterocycles. The van der Waals surface area contributed by atoms with Crippen LogP contribution >= 0.6 is 0 Å². The fourth-order valence-electron chi connectivity index (χ4n) is 5.73. The molecule has 1 amide bonds. The Morgan fingerprint density at radius 1 is 1.50 bits per heavy atom. The van der Waals surface area contributed by atoms with Crippen molar-refractivity contribution < 1.29 is 19.5 Å². The third-order valence-corrected chi connectivity index (χ3v) is 7.08. The van der Waals surface area contributed by atoms with Gasteiger partial charge in [0, 0.05) is 23.8 Å². The number of piperidine rings is 1. The molecule has 3 aliphatic rings. The van der Waals surface area contributed by atoms with Gasteiger partial charge in [0.1, 0.15) is 11.6 Å². The highest BCUT2D eigenvalue weighted by Crippen LogP contribution is 2.57. The number of benzene rings is 1. The fraction of sp³-hybridized carbons (Fsp3) is 0.476. The van der Waals surface area contributed by atoms with Gasteiger partial charge >= 0.3 is 0 Å². The Bertz CT molecular complexity index is 819. The summed E-state index contributed by atoms with van der Waals surface area (Å²) in [5, 5.41) is 22.3. The lowest BCUT2D eigenvalue weighted by Gasteiger charge is -2.64. The standard InChI is InChI=1S/C21H26N2O3/c1-3-9-23(2)10-8-20-13-16(24)6-7-21(20,26)18(23)12-14-4-5-15(19(22)25)11-17(14)20/h3-7,11,16,18,24,26H,1,8-10,12-13H2,2H3,(H-,22,25)/p+1. The van der Waals surface area contributed by atoms with Crippen LogP contribution in [0.3, 0.4) is 0 Å². The van der Waals surface area contributed by atoms with Gasteiger partial charge in [-0.05, 0) is 41.8 Å². The van der Waals surface area contributed by atoms with Crippen LogP contribution in [0.5, 0.6) is 0 Å². The van der Waals surface area contributed by atoms with Gasteiger partial charge in [-0.2, -0.15) is 0 Å². The first kappa shape index (κ1) is 17.5. The normalized spacial score (nSPS) is 40.4. The Balaban J connectivity index is 1.97. The molecule has 5 atom stereocenters. The molecule has 0 radical (unpaired) electrons. The van der Waals surface area contributed by atoms with Crippen LogP contribution in [0, 0.1) is 0 Å². The second-order valence-electron chi connectivity index (χ2n) is 8.42. The SMILES string of the molecule is C=CC[N+]1(C)CCC23CC(O)C=CC2(O)C1Cc1ccc(C(N)=O)cc13. The molecule has 2 bridgehead atoms. The maximum absolute atomic E-state index is 12.0. The summed E-state index contributed by atoms with van der Waals surface area (Å²) in [5.41, 5.74) is 6.41. The molecule has 1 heterocycles. The van der Waals surface area contributed by atoms with Crippen molar-refractivity contribution in [1.29, 1.82) is 0 Å². The largest absolute Gasteiger partial charge is 0.389 e. The molecular formula is C21H27N2O3+. The lowest BCUT2D eigenvalue weighted by molar-refractivity contribution is -0.942. The Labute approximate surface area is 154 Å². The molecule has 1 saturated heterocycles. The number of aliphatic hydroxyl groups excluding tert-OH is 1. The third-order valence-electron chi connectivity index (χ3n) is 7.08. The first-order valence-electron chi connectivity index (χ1n) is 9.24. The molecule has 5 nitrogen and oxygen atoms in total. The quantitative estimate of drug-likeness (QED) is 0.559. The smallest absolute Gasteiger partial charge is 0.248 e. The Hall–Kier alpha value is -1.95. The van der Waals surface area contributed by atoms with Gasteiger partial charge in [0.15, 0.2) is 0 Å². The van der Waals surface area contributed by atoms with E-state index >= 15 is 0 Å². The minimum atomic E-state index is -1.06. The van der Waals surface area contributed by atoms with Gasteiger partial charge in [-0.1, -0.05) is 18.7 Å². The number of amides is 1. The van der Waals surface area contributed by atoms with Crippen molar-refractivity contribution in [1.82, 2.24) is 0 Å². The van der Waals surface area contributed by atoms with Crippen LogP contribution in [0.2, 0.25) is 0 Å². The number of quaternary nitrogens is 1. The summed E-state index contributed by atoms with van der Waals surface area (Å²) in [6, 6.07) is 5.56. The molecule has 0 spiro atoms. The highest BCUT2D eigenvalue weighted by atomic mass is 16.3. The molecule has 5 unspecified atom stereocenters. The number of aliphatic hydroxyl groups is 2. The molecule has 0 aromatic heterocycles. The summed E-state index contributed by atoms with van der Waals surface area (Å²) in [4.78, 5) is 11.7. The predicted octanol–water partition coefficient (Wildman–Crippen LogP) is 1.04. The zero-order valence-corrected chi connectivity index (χ0v) is 15.2. The van der Waals surface area contributed by atoms with Gasteiger partial charge in [-0.25, -0.2) is 0 Å². The number of hydrogen-bond donors (Lipinski definition) is 3. The topological polar surface area (TPSA) is 83.6 Å². The molecule has 4 rings (SSSR count). The number of hydrogen-bond acceptors (Lipinski definition) is 3. The maximum Gasteiger partial charge on any atom is 0.248 e. The van der Waals surface area contributed by atoms with Crippen molar-refractivity contribution in [3.8, 4) is 0 Å². The summed E-state index contributed by atoms with van der Waals surface area (Å²) < 4.78 is 0.721. The molecule has 1 aromatic carbocycles. The van der Waals surface area contributed by atoms with Crippen LogP contribution in [0.15, 0.2) is 43.0 Å². The number of nitrogens with zero attached hydrogens (tertiary/aromatic N) is 1. The predicted molar refractivity (Wildman–Crippen MR) is 99.6 cm³/mol. The second-order valence-corrected chi connectivity index (χ2v) is 8.42. The Morgan fingerprint density at radius 3 is 2.96 bits per heavy atom.